The number of amides is 1. The van der Waals surface area contributed by atoms with Crippen molar-refractivity contribution in [3.8, 4) is 0 Å². The van der Waals surface area contributed by atoms with E-state index in [1.807, 2.05) is 6.08 Å². The van der Waals surface area contributed by atoms with Crippen LogP contribution in [0.4, 0.5) is 4.79 Å². The van der Waals surface area contributed by atoms with Gasteiger partial charge in [-0.3, -0.25) is 4.79 Å². The maximum atomic E-state index is 11.5. The summed E-state index contributed by atoms with van der Waals surface area (Å²) in [6.07, 6.45) is 4.83. The number of carbonyl (C=O) groups is 2. The molecule has 3 rings (SSSR count). The quantitative estimate of drug-likeness (QED) is 0.770. The largest absolute Gasteiger partial charge is 0.450 e. The van der Waals surface area contributed by atoms with E-state index in [4.69, 9.17) is 9.47 Å². The molecule has 3 aliphatic rings. The second-order valence-corrected chi connectivity index (χ2v) is 4.81. The monoisotopic (exact) mass is 253 g/mol. The number of rotatable bonds is 4. The zero-order valence-corrected chi connectivity index (χ0v) is 10.8. The average Bonchev–Trinajstić information content (AvgIpc) is 2.39. The third kappa shape index (κ3) is 2.14. The van der Waals surface area contributed by atoms with E-state index < -0.39 is 11.7 Å². The fraction of sp³-hybridized carbons (Fsp3) is 0.692. The molecule has 0 saturated heterocycles. The second kappa shape index (κ2) is 5.10. The molecule has 1 fully saturated rings. The Kier molecular flexibility index (Phi) is 3.71. The van der Waals surface area contributed by atoms with Gasteiger partial charge in [-0.05, 0) is 43.8 Å². The Balaban J connectivity index is 2.16. The Morgan fingerprint density at radius 1 is 1.67 bits per heavy atom. The summed E-state index contributed by atoms with van der Waals surface area (Å²) < 4.78 is 10.5. The van der Waals surface area contributed by atoms with Gasteiger partial charge in [0.1, 0.15) is 11.9 Å². The lowest BCUT2D eigenvalue weighted by atomic mass is 9.66. The van der Waals surface area contributed by atoms with Crippen molar-refractivity contribution in [2.75, 3.05) is 13.7 Å². The summed E-state index contributed by atoms with van der Waals surface area (Å²) in [6.45, 7) is 2.11. The highest BCUT2D eigenvalue weighted by atomic mass is 16.5. The van der Waals surface area contributed by atoms with Crippen LogP contribution in [0.2, 0.25) is 0 Å². The van der Waals surface area contributed by atoms with Crippen LogP contribution in [0.1, 0.15) is 26.2 Å². The molecule has 0 aromatic rings. The SMILES string of the molecule is CCOC(=O)N[C@@H]1C[C@H]2CC[C@]1(OC)C=C2C=O. The topological polar surface area (TPSA) is 64.6 Å². The predicted octanol–water partition coefficient (Wildman–Crippen LogP) is 1.43. The summed E-state index contributed by atoms with van der Waals surface area (Å²) in [7, 11) is 1.62. The van der Waals surface area contributed by atoms with Crippen molar-refractivity contribution in [2.24, 2.45) is 5.92 Å². The van der Waals surface area contributed by atoms with Gasteiger partial charge in [0.15, 0.2) is 0 Å². The van der Waals surface area contributed by atoms with Gasteiger partial charge in [-0.2, -0.15) is 0 Å². The molecule has 0 spiro atoms. The second-order valence-electron chi connectivity index (χ2n) is 4.81. The summed E-state index contributed by atoms with van der Waals surface area (Å²) in [5.41, 5.74) is 0.239. The first-order chi connectivity index (χ1) is 8.65. The van der Waals surface area contributed by atoms with E-state index in [1.54, 1.807) is 14.0 Å². The molecule has 1 saturated carbocycles. The van der Waals surface area contributed by atoms with E-state index in [1.165, 1.54) is 0 Å². The molecule has 3 aliphatic carbocycles. The van der Waals surface area contributed by atoms with Gasteiger partial charge < -0.3 is 14.8 Å². The van der Waals surface area contributed by atoms with Crippen LogP contribution in [-0.2, 0) is 14.3 Å². The van der Waals surface area contributed by atoms with E-state index >= 15 is 0 Å². The van der Waals surface area contributed by atoms with E-state index in [2.05, 4.69) is 5.32 Å². The van der Waals surface area contributed by atoms with Crippen molar-refractivity contribution in [3.05, 3.63) is 11.6 Å². The molecule has 5 nitrogen and oxygen atoms in total. The molecule has 3 atom stereocenters. The molecule has 1 N–H and O–H groups in total. The van der Waals surface area contributed by atoms with Gasteiger partial charge in [0, 0.05) is 7.11 Å². The first-order valence-electron chi connectivity index (χ1n) is 6.31. The van der Waals surface area contributed by atoms with Crippen LogP contribution in [0.3, 0.4) is 0 Å². The van der Waals surface area contributed by atoms with Crippen molar-refractivity contribution in [1.29, 1.82) is 0 Å². The van der Waals surface area contributed by atoms with Crippen molar-refractivity contribution in [1.82, 2.24) is 5.32 Å². The van der Waals surface area contributed by atoms with Gasteiger partial charge >= 0.3 is 6.09 Å². The Hall–Kier alpha value is -1.36. The maximum Gasteiger partial charge on any atom is 0.407 e. The van der Waals surface area contributed by atoms with E-state index in [0.29, 0.717) is 6.61 Å². The Labute approximate surface area is 107 Å². The normalized spacial score (nSPS) is 33.8. The Bertz CT molecular complexity index is 379. The number of methoxy groups -OCH3 is 1. The van der Waals surface area contributed by atoms with E-state index in [0.717, 1.165) is 31.1 Å². The molecule has 0 aliphatic heterocycles. The number of fused-ring (bicyclic) bond motifs is 2. The number of hydrogen-bond acceptors (Lipinski definition) is 4. The van der Waals surface area contributed by atoms with Gasteiger partial charge in [0.05, 0.1) is 12.6 Å². The van der Waals surface area contributed by atoms with Crippen LogP contribution in [-0.4, -0.2) is 37.7 Å². The number of nitrogens with one attached hydrogen (secondary N) is 1. The number of ether oxygens (including phenoxy) is 2. The highest BCUT2D eigenvalue weighted by molar-refractivity contribution is 5.76. The molecular weight excluding hydrogens is 234 g/mol. The van der Waals surface area contributed by atoms with Gasteiger partial charge in [-0.1, -0.05) is 0 Å². The van der Waals surface area contributed by atoms with Crippen LogP contribution in [0.5, 0.6) is 0 Å². The minimum Gasteiger partial charge on any atom is -0.450 e. The van der Waals surface area contributed by atoms with Gasteiger partial charge in [-0.15, -0.1) is 0 Å². The zero-order valence-electron chi connectivity index (χ0n) is 10.8. The lowest BCUT2D eigenvalue weighted by Gasteiger charge is -2.48. The lowest BCUT2D eigenvalue weighted by Crippen LogP contribution is -2.59. The average molecular weight is 253 g/mol. The summed E-state index contributed by atoms with van der Waals surface area (Å²) in [5, 5.41) is 2.84. The molecule has 0 aromatic carbocycles. The molecule has 18 heavy (non-hydrogen) atoms. The molecule has 100 valence electrons. The Morgan fingerprint density at radius 2 is 2.44 bits per heavy atom. The number of aldehydes is 1. The maximum absolute atomic E-state index is 11.5. The third-order valence-electron chi connectivity index (χ3n) is 3.96. The summed E-state index contributed by atoms with van der Waals surface area (Å²) in [6, 6.07) is -0.121. The van der Waals surface area contributed by atoms with Gasteiger partial charge in [0.25, 0.3) is 0 Å². The van der Waals surface area contributed by atoms with Gasteiger partial charge in [-0.25, -0.2) is 4.79 Å². The van der Waals surface area contributed by atoms with Crippen LogP contribution in [0.25, 0.3) is 0 Å². The van der Waals surface area contributed by atoms with Crippen LogP contribution < -0.4 is 5.32 Å². The zero-order chi connectivity index (χ0) is 13.2. The summed E-state index contributed by atoms with van der Waals surface area (Å²) >= 11 is 0. The van der Waals surface area contributed by atoms with Crippen molar-refractivity contribution in [2.45, 2.75) is 37.8 Å². The number of alkyl carbamates (subject to hydrolysis) is 1. The highest BCUT2D eigenvalue weighted by Crippen LogP contribution is 2.44. The minimum atomic E-state index is -0.558. The van der Waals surface area contributed by atoms with Crippen LogP contribution >= 0.6 is 0 Å². The smallest absolute Gasteiger partial charge is 0.407 e. The minimum absolute atomic E-state index is 0.121. The van der Waals surface area contributed by atoms with E-state index in [-0.39, 0.29) is 12.0 Å². The predicted molar refractivity (Wildman–Crippen MR) is 65.2 cm³/mol. The fourth-order valence-corrected chi connectivity index (χ4v) is 2.98. The highest BCUT2D eigenvalue weighted by Gasteiger charge is 2.48. The van der Waals surface area contributed by atoms with Crippen molar-refractivity contribution in [3.63, 3.8) is 0 Å². The number of hydrogen-bond donors (Lipinski definition) is 1. The first kappa shape index (κ1) is 13.1. The summed E-state index contributed by atoms with van der Waals surface area (Å²) in [4.78, 5) is 22.5. The van der Waals surface area contributed by atoms with Crippen molar-refractivity contribution >= 4 is 12.4 Å². The molecule has 5 heteroatoms. The molecule has 0 radical (unpaired) electrons. The number of carbonyl (C=O) groups excluding carboxylic acids is 2. The molecule has 2 bridgehead atoms. The number of allylic oxidation sites excluding steroid dienone is 1. The summed E-state index contributed by atoms with van der Waals surface area (Å²) in [5.74, 6) is 0.228. The standard InChI is InChI=1S/C13H19NO4/c1-3-18-12(16)14-11-6-9-4-5-13(11,17-2)7-10(9)8-15/h7-9,11H,3-6H2,1-2H3,(H,14,16)/t9-,11-,13+/m1/s1. The lowest BCUT2D eigenvalue weighted by molar-refractivity contribution is -0.107. The molecule has 0 aromatic heterocycles. The van der Waals surface area contributed by atoms with Crippen LogP contribution in [0.15, 0.2) is 11.6 Å². The molecule has 0 heterocycles. The Morgan fingerprint density at radius 3 is 3.06 bits per heavy atom. The van der Waals surface area contributed by atoms with Crippen LogP contribution in [0, 0.1) is 5.92 Å². The first-order valence-corrected chi connectivity index (χ1v) is 6.31. The molecule has 0 unspecified atom stereocenters. The van der Waals surface area contributed by atoms with E-state index in [9.17, 15) is 9.59 Å². The third-order valence-corrected chi connectivity index (χ3v) is 3.96. The fourth-order valence-electron chi connectivity index (χ4n) is 2.98. The molecular formula is C13H19NO4. The van der Waals surface area contributed by atoms with Crippen molar-refractivity contribution < 1.29 is 19.1 Å². The molecule has 1 amide bonds. The van der Waals surface area contributed by atoms with Gasteiger partial charge in [0.2, 0.25) is 0 Å².